The monoisotopic (exact) mass is 372 g/mol. The number of piperidine rings is 1. The first-order chi connectivity index (χ1) is 13.0. The first-order valence-corrected chi connectivity index (χ1v) is 9.87. The van der Waals surface area contributed by atoms with Gasteiger partial charge in [-0.1, -0.05) is 24.3 Å². The Morgan fingerprint density at radius 1 is 1.11 bits per heavy atom. The molecule has 2 fully saturated rings. The highest BCUT2D eigenvalue weighted by atomic mass is 16.5. The van der Waals surface area contributed by atoms with Crippen molar-refractivity contribution in [1.82, 2.24) is 9.80 Å². The molecule has 0 saturated carbocycles. The predicted molar refractivity (Wildman–Crippen MR) is 100.0 cm³/mol. The van der Waals surface area contributed by atoms with Crippen molar-refractivity contribution in [2.75, 3.05) is 40.4 Å². The average molecular weight is 372 g/mol. The first-order valence-electron chi connectivity index (χ1n) is 9.87. The first kappa shape index (κ1) is 18.4. The molecule has 146 valence electrons. The summed E-state index contributed by atoms with van der Waals surface area (Å²) >= 11 is 0. The highest BCUT2D eigenvalue weighted by Crippen LogP contribution is 2.49. The summed E-state index contributed by atoms with van der Waals surface area (Å²) in [5.41, 5.74) is 1.63. The quantitative estimate of drug-likeness (QED) is 0.798. The van der Waals surface area contributed by atoms with E-state index in [9.17, 15) is 9.59 Å². The summed E-state index contributed by atoms with van der Waals surface area (Å²) in [6, 6.07) is 8.04. The molecule has 3 aliphatic heterocycles. The molecule has 0 N–H and O–H groups in total. The van der Waals surface area contributed by atoms with E-state index in [1.54, 1.807) is 19.0 Å². The van der Waals surface area contributed by atoms with Crippen LogP contribution in [0.3, 0.4) is 0 Å². The zero-order chi connectivity index (χ0) is 19.0. The number of carbonyl (C=O) groups is 2. The van der Waals surface area contributed by atoms with Gasteiger partial charge >= 0.3 is 0 Å². The number of carbonyl (C=O) groups excluding carboxylic acids is 2. The number of hydrogen-bond acceptors (Lipinski definition) is 4. The van der Waals surface area contributed by atoms with Gasteiger partial charge in [-0.3, -0.25) is 9.59 Å². The van der Waals surface area contributed by atoms with Crippen LogP contribution in [0.25, 0.3) is 0 Å². The minimum atomic E-state index is -0.547. The van der Waals surface area contributed by atoms with E-state index in [-0.39, 0.29) is 17.7 Å². The van der Waals surface area contributed by atoms with Crippen molar-refractivity contribution in [2.24, 2.45) is 5.92 Å². The van der Waals surface area contributed by atoms with E-state index >= 15 is 0 Å². The molecule has 1 aromatic rings. The van der Waals surface area contributed by atoms with E-state index in [0.717, 1.165) is 36.8 Å². The standard InChI is InChI=1S/C21H28N2O4/c1-22(2)20(25)18-16-5-3-4-6-17(16)21(27-18)9-11-23(12-10-21)19(24)15-7-13-26-14-8-15/h3-6,15,18H,7-14H2,1-2H3/t18-/m1/s1. The molecule has 6 heteroatoms. The molecule has 4 rings (SSSR count). The van der Waals surface area contributed by atoms with E-state index in [4.69, 9.17) is 9.47 Å². The number of nitrogens with zero attached hydrogens (tertiary/aromatic N) is 2. The van der Waals surface area contributed by atoms with Crippen molar-refractivity contribution in [3.05, 3.63) is 35.4 Å². The molecule has 3 aliphatic rings. The van der Waals surface area contributed by atoms with Gasteiger partial charge in [0, 0.05) is 46.3 Å². The number of amides is 2. The molecular weight excluding hydrogens is 344 g/mol. The summed E-state index contributed by atoms with van der Waals surface area (Å²) in [4.78, 5) is 29.0. The van der Waals surface area contributed by atoms with E-state index in [0.29, 0.717) is 26.3 Å². The van der Waals surface area contributed by atoms with Crippen molar-refractivity contribution in [1.29, 1.82) is 0 Å². The molecule has 1 aromatic carbocycles. The van der Waals surface area contributed by atoms with Gasteiger partial charge in [-0.2, -0.15) is 0 Å². The van der Waals surface area contributed by atoms with Crippen LogP contribution in [-0.4, -0.2) is 62.0 Å². The molecular formula is C21H28N2O4. The summed E-state index contributed by atoms with van der Waals surface area (Å²) in [5, 5.41) is 0. The highest BCUT2D eigenvalue weighted by Gasteiger charge is 2.49. The Hall–Kier alpha value is -1.92. The van der Waals surface area contributed by atoms with Gasteiger partial charge in [-0.15, -0.1) is 0 Å². The molecule has 1 spiro atoms. The largest absolute Gasteiger partial charge is 0.381 e. The number of rotatable bonds is 2. The molecule has 0 aliphatic carbocycles. The fourth-order valence-corrected chi connectivity index (χ4v) is 4.59. The molecule has 27 heavy (non-hydrogen) atoms. The van der Waals surface area contributed by atoms with Gasteiger partial charge in [-0.05, 0) is 36.8 Å². The van der Waals surface area contributed by atoms with Crippen LogP contribution in [0.15, 0.2) is 24.3 Å². The molecule has 6 nitrogen and oxygen atoms in total. The van der Waals surface area contributed by atoms with Crippen LogP contribution in [0, 0.1) is 5.92 Å². The maximum absolute atomic E-state index is 12.8. The van der Waals surface area contributed by atoms with Crippen molar-refractivity contribution in [3.8, 4) is 0 Å². The van der Waals surface area contributed by atoms with Crippen molar-refractivity contribution < 1.29 is 19.1 Å². The second-order valence-corrected chi connectivity index (χ2v) is 8.02. The van der Waals surface area contributed by atoms with Crippen LogP contribution < -0.4 is 0 Å². The second kappa shape index (κ2) is 7.24. The van der Waals surface area contributed by atoms with E-state index < -0.39 is 11.7 Å². The molecule has 3 heterocycles. The summed E-state index contributed by atoms with van der Waals surface area (Å²) < 4.78 is 11.8. The van der Waals surface area contributed by atoms with Crippen LogP contribution in [0.4, 0.5) is 0 Å². The van der Waals surface area contributed by atoms with Gasteiger partial charge in [0.2, 0.25) is 5.91 Å². The molecule has 2 saturated heterocycles. The number of likely N-dealkylation sites (tertiary alicyclic amines) is 1. The zero-order valence-electron chi connectivity index (χ0n) is 16.1. The Morgan fingerprint density at radius 3 is 2.44 bits per heavy atom. The molecule has 0 radical (unpaired) electrons. The number of hydrogen-bond donors (Lipinski definition) is 0. The third-order valence-electron chi connectivity index (χ3n) is 6.20. The lowest BCUT2D eigenvalue weighted by Gasteiger charge is -2.41. The lowest BCUT2D eigenvalue weighted by atomic mass is 9.83. The minimum absolute atomic E-state index is 0.0277. The van der Waals surface area contributed by atoms with Gasteiger partial charge in [-0.25, -0.2) is 0 Å². The maximum Gasteiger partial charge on any atom is 0.255 e. The maximum atomic E-state index is 12.8. The summed E-state index contributed by atoms with van der Waals surface area (Å²) in [7, 11) is 3.52. The van der Waals surface area contributed by atoms with Crippen LogP contribution in [0.1, 0.15) is 42.9 Å². The van der Waals surface area contributed by atoms with Crippen LogP contribution in [0.2, 0.25) is 0 Å². The SMILES string of the molecule is CN(C)C(=O)[C@@H]1OC2(CCN(C(=O)C3CCOCC3)CC2)c2ccccc21. The van der Waals surface area contributed by atoms with E-state index in [1.807, 2.05) is 23.1 Å². The number of benzene rings is 1. The smallest absolute Gasteiger partial charge is 0.255 e. The average Bonchev–Trinajstić information content (AvgIpc) is 3.02. The summed E-state index contributed by atoms with van der Waals surface area (Å²) in [6.07, 6.45) is 2.55. The Labute approximate surface area is 160 Å². The van der Waals surface area contributed by atoms with Crippen molar-refractivity contribution in [2.45, 2.75) is 37.4 Å². The van der Waals surface area contributed by atoms with E-state index in [1.165, 1.54) is 0 Å². The van der Waals surface area contributed by atoms with Crippen LogP contribution in [-0.2, 0) is 24.7 Å². The molecule has 1 atom stereocenters. The Morgan fingerprint density at radius 2 is 1.78 bits per heavy atom. The number of fused-ring (bicyclic) bond motifs is 2. The van der Waals surface area contributed by atoms with Gasteiger partial charge in [0.05, 0.1) is 5.60 Å². The molecule has 0 unspecified atom stereocenters. The molecule has 0 aromatic heterocycles. The van der Waals surface area contributed by atoms with Crippen LogP contribution >= 0.6 is 0 Å². The fraction of sp³-hybridized carbons (Fsp3) is 0.619. The lowest BCUT2D eigenvalue weighted by Crippen LogP contribution is -2.48. The Balaban J connectivity index is 1.50. The topological polar surface area (TPSA) is 59.1 Å². The van der Waals surface area contributed by atoms with Crippen molar-refractivity contribution in [3.63, 3.8) is 0 Å². The normalized spacial score (nSPS) is 24.7. The lowest BCUT2D eigenvalue weighted by molar-refractivity contribution is -0.162. The second-order valence-electron chi connectivity index (χ2n) is 8.02. The zero-order valence-corrected chi connectivity index (χ0v) is 16.1. The summed E-state index contributed by atoms with van der Waals surface area (Å²) in [6.45, 7) is 2.71. The van der Waals surface area contributed by atoms with Gasteiger partial charge in [0.15, 0.2) is 6.10 Å². The third-order valence-corrected chi connectivity index (χ3v) is 6.20. The van der Waals surface area contributed by atoms with Gasteiger partial charge < -0.3 is 19.3 Å². The minimum Gasteiger partial charge on any atom is -0.381 e. The van der Waals surface area contributed by atoms with E-state index in [2.05, 4.69) is 6.07 Å². The predicted octanol–water partition coefficient (Wildman–Crippen LogP) is 2.09. The van der Waals surface area contributed by atoms with Crippen LogP contribution in [0.5, 0.6) is 0 Å². The summed E-state index contributed by atoms with van der Waals surface area (Å²) in [5.74, 6) is 0.313. The fourth-order valence-electron chi connectivity index (χ4n) is 4.59. The van der Waals surface area contributed by atoms with Gasteiger partial charge in [0.25, 0.3) is 5.91 Å². The highest BCUT2D eigenvalue weighted by molar-refractivity contribution is 5.83. The third kappa shape index (κ3) is 3.25. The van der Waals surface area contributed by atoms with Crippen molar-refractivity contribution >= 4 is 11.8 Å². The molecule has 2 amide bonds. The Kier molecular flexibility index (Phi) is 4.95. The number of ether oxygens (including phenoxy) is 2. The number of likely N-dealkylation sites (N-methyl/N-ethyl adjacent to an activating group) is 1. The Bertz CT molecular complexity index is 719. The molecule has 0 bridgehead atoms. The van der Waals surface area contributed by atoms with Gasteiger partial charge in [0.1, 0.15) is 0 Å².